The van der Waals surface area contributed by atoms with E-state index in [2.05, 4.69) is 5.43 Å². The summed E-state index contributed by atoms with van der Waals surface area (Å²) in [6, 6.07) is 5.50. The van der Waals surface area contributed by atoms with E-state index in [1.807, 2.05) is 32.0 Å². The number of rotatable bonds is 7. The lowest BCUT2D eigenvalue weighted by atomic mass is 10.0. The van der Waals surface area contributed by atoms with Crippen LogP contribution in [0.2, 0.25) is 0 Å². The molecule has 1 rings (SSSR count). The Hall–Kier alpha value is -1.30. The molecule has 0 amide bonds. The Balaban J connectivity index is 3.04. The molecular formula is C13H22N2O3. The zero-order valence-corrected chi connectivity index (χ0v) is 11.4. The highest BCUT2D eigenvalue weighted by Crippen LogP contribution is 2.31. The van der Waals surface area contributed by atoms with Crippen LogP contribution in [0.5, 0.6) is 11.5 Å². The normalized spacial score (nSPS) is 14.1. The quantitative estimate of drug-likeness (QED) is 0.572. The number of nitrogens with two attached hydrogens (primary N) is 1. The molecule has 1 aromatic carbocycles. The van der Waals surface area contributed by atoms with Crippen LogP contribution < -0.4 is 20.7 Å². The van der Waals surface area contributed by atoms with Crippen LogP contribution in [0.1, 0.15) is 25.5 Å². The molecule has 0 fully saturated rings. The summed E-state index contributed by atoms with van der Waals surface area (Å²) >= 11 is 0. The summed E-state index contributed by atoms with van der Waals surface area (Å²) in [4.78, 5) is 0. The average Bonchev–Trinajstić information content (AvgIpc) is 2.40. The van der Waals surface area contributed by atoms with Gasteiger partial charge in [0.15, 0.2) is 0 Å². The van der Waals surface area contributed by atoms with Gasteiger partial charge in [0.25, 0.3) is 0 Å². The maximum Gasteiger partial charge on any atom is 0.127 e. The molecule has 2 unspecified atom stereocenters. The molecule has 0 aliphatic rings. The second kappa shape index (κ2) is 7.20. The zero-order chi connectivity index (χ0) is 13.5. The molecule has 0 saturated carbocycles. The third-order valence-electron chi connectivity index (χ3n) is 2.85. The van der Waals surface area contributed by atoms with Gasteiger partial charge in [0.05, 0.1) is 26.4 Å². The minimum Gasteiger partial charge on any atom is -0.497 e. The lowest BCUT2D eigenvalue weighted by Gasteiger charge is -2.25. The van der Waals surface area contributed by atoms with Gasteiger partial charge in [-0.2, -0.15) is 0 Å². The van der Waals surface area contributed by atoms with E-state index >= 15 is 0 Å². The maximum absolute atomic E-state index is 5.61. The molecule has 102 valence electrons. The van der Waals surface area contributed by atoms with Crippen LogP contribution in [0.3, 0.4) is 0 Å². The minimum atomic E-state index is -0.134. The molecule has 0 aromatic heterocycles. The molecule has 5 nitrogen and oxygen atoms in total. The van der Waals surface area contributed by atoms with E-state index in [0.717, 1.165) is 17.1 Å². The van der Waals surface area contributed by atoms with Gasteiger partial charge < -0.3 is 14.2 Å². The first-order valence-electron chi connectivity index (χ1n) is 5.97. The first-order chi connectivity index (χ1) is 8.67. The lowest BCUT2D eigenvalue weighted by Crippen LogP contribution is -2.36. The van der Waals surface area contributed by atoms with E-state index < -0.39 is 0 Å². The van der Waals surface area contributed by atoms with Crippen molar-refractivity contribution in [2.24, 2.45) is 5.84 Å². The van der Waals surface area contributed by atoms with Crippen LogP contribution in [-0.2, 0) is 4.74 Å². The van der Waals surface area contributed by atoms with E-state index in [1.54, 1.807) is 14.2 Å². The van der Waals surface area contributed by atoms with Crippen molar-refractivity contribution in [1.29, 1.82) is 0 Å². The number of hydrogen-bond donors (Lipinski definition) is 2. The number of nitrogens with one attached hydrogen (secondary N) is 1. The van der Waals surface area contributed by atoms with Crippen LogP contribution in [0, 0.1) is 0 Å². The number of benzene rings is 1. The van der Waals surface area contributed by atoms with Gasteiger partial charge in [-0.15, -0.1) is 0 Å². The third-order valence-corrected chi connectivity index (χ3v) is 2.85. The summed E-state index contributed by atoms with van der Waals surface area (Å²) in [5.74, 6) is 7.08. The van der Waals surface area contributed by atoms with Crippen molar-refractivity contribution in [3.05, 3.63) is 23.8 Å². The maximum atomic E-state index is 5.61. The molecule has 0 radical (unpaired) electrons. The summed E-state index contributed by atoms with van der Waals surface area (Å²) in [7, 11) is 3.24. The zero-order valence-electron chi connectivity index (χ0n) is 11.4. The molecule has 2 atom stereocenters. The minimum absolute atomic E-state index is 0.0534. The molecule has 0 aliphatic heterocycles. The number of hydrazine groups is 1. The molecule has 0 saturated heterocycles. The summed E-state index contributed by atoms with van der Waals surface area (Å²) in [5.41, 5.74) is 3.72. The second-order valence-electron chi connectivity index (χ2n) is 3.91. The fourth-order valence-corrected chi connectivity index (χ4v) is 1.91. The summed E-state index contributed by atoms with van der Waals surface area (Å²) in [6.45, 7) is 4.56. The van der Waals surface area contributed by atoms with Gasteiger partial charge in [-0.25, -0.2) is 0 Å². The smallest absolute Gasteiger partial charge is 0.127 e. The van der Waals surface area contributed by atoms with Gasteiger partial charge >= 0.3 is 0 Å². The van der Waals surface area contributed by atoms with Gasteiger partial charge in [0, 0.05) is 18.2 Å². The number of hydrogen-bond acceptors (Lipinski definition) is 5. The average molecular weight is 254 g/mol. The molecule has 0 spiro atoms. The Bertz CT molecular complexity index is 371. The van der Waals surface area contributed by atoms with Crippen molar-refractivity contribution < 1.29 is 14.2 Å². The molecule has 0 aliphatic carbocycles. The van der Waals surface area contributed by atoms with E-state index in [4.69, 9.17) is 20.1 Å². The molecule has 5 heteroatoms. The topological polar surface area (TPSA) is 65.7 Å². The molecular weight excluding hydrogens is 232 g/mol. The van der Waals surface area contributed by atoms with Crippen LogP contribution in [0.15, 0.2) is 18.2 Å². The van der Waals surface area contributed by atoms with Gasteiger partial charge in [-0.05, 0) is 26.0 Å². The van der Waals surface area contributed by atoms with Crippen molar-refractivity contribution in [2.45, 2.75) is 26.0 Å². The van der Waals surface area contributed by atoms with Crippen LogP contribution in [0.4, 0.5) is 0 Å². The summed E-state index contributed by atoms with van der Waals surface area (Å²) in [5, 5.41) is 0. The number of methoxy groups -OCH3 is 2. The Morgan fingerprint density at radius 1 is 1.28 bits per heavy atom. The largest absolute Gasteiger partial charge is 0.497 e. The van der Waals surface area contributed by atoms with Crippen LogP contribution >= 0.6 is 0 Å². The predicted octanol–water partition coefficient (Wildman–Crippen LogP) is 1.63. The van der Waals surface area contributed by atoms with Gasteiger partial charge in [0.1, 0.15) is 11.5 Å². The van der Waals surface area contributed by atoms with Crippen molar-refractivity contribution in [3.63, 3.8) is 0 Å². The Kier molecular flexibility index (Phi) is 5.91. The first kappa shape index (κ1) is 14.8. The van der Waals surface area contributed by atoms with Crippen molar-refractivity contribution >= 4 is 0 Å². The Labute approximate surface area is 108 Å². The fourth-order valence-electron chi connectivity index (χ4n) is 1.91. The van der Waals surface area contributed by atoms with E-state index in [9.17, 15) is 0 Å². The molecule has 0 bridgehead atoms. The molecule has 1 aromatic rings. The van der Waals surface area contributed by atoms with Crippen molar-refractivity contribution in [1.82, 2.24) is 5.43 Å². The first-order valence-corrected chi connectivity index (χ1v) is 5.97. The monoisotopic (exact) mass is 254 g/mol. The highest BCUT2D eigenvalue weighted by atomic mass is 16.5. The molecule has 18 heavy (non-hydrogen) atoms. The summed E-state index contributed by atoms with van der Waals surface area (Å²) in [6.07, 6.45) is -0.0534. The third kappa shape index (κ3) is 3.35. The lowest BCUT2D eigenvalue weighted by molar-refractivity contribution is 0.0466. The van der Waals surface area contributed by atoms with Crippen LogP contribution in [-0.4, -0.2) is 26.9 Å². The van der Waals surface area contributed by atoms with Gasteiger partial charge in [-0.1, -0.05) is 0 Å². The SMILES string of the molecule is CCOC(C)C(NN)c1ccc(OC)cc1OC. The second-order valence-corrected chi connectivity index (χ2v) is 3.91. The van der Waals surface area contributed by atoms with Crippen molar-refractivity contribution in [2.75, 3.05) is 20.8 Å². The van der Waals surface area contributed by atoms with E-state index in [1.165, 1.54) is 0 Å². The van der Waals surface area contributed by atoms with Crippen molar-refractivity contribution in [3.8, 4) is 11.5 Å². The van der Waals surface area contributed by atoms with Gasteiger partial charge in [-0.3, -0.25) is 11.3 Å². The van der Waals surface area contributed by atoms with E-state index in [-0.39, 0.29) is 12.1 Å². The fraction of sp³-hybridized carbons (Fsp3) is 0.538. The van der Waals surface area contributed by atoms with Gasteiger partial charge in [0.2, 0.25) is 0 Å². The Morgan fingerprint density at radius 2 is 2.00 bits per heavy atom. The number of ether oxygens (including phenoxy) is 3. The van der Waals surface area contributed by atoms with Crippen LogP contribution in [0.25, 0.3) is 0 Å². The molecule has 3 N–H and O–H groups in total. The predicted molar refractivity (Wildman–Crippen MR) is 70.7 cm³/mol. The highest BCUT2D eigenvalue weighted by Gasteiger charge is 2.22. The summed E-state index contributed by atoms with van der Waals surface area (Å²) < 4.78 is 16.1. The molecule has 0 heterocycles. The van der Waals surface area contributed by atoms with E-state index in [0.29, 0.717) is 6.61 Å². The highest BCUT2D eigenvalue weighted by molar-refractivity contribution is 5.42. The Morgan fingerprint density at radius 3 is 2.50 bits per heavy atom. The standard InChI is InChI=1S/C13H22N2O3/c1-5-18-9(2)13(15-14)11-7-6-10(16-3)8-12(11)17-4/h6-9,13,15H,5,14H2,1-4H3.